The van der Waals surface area contributed by atoms with E-state index >= 15 is 0 Å². The maximum absolute atomic E-state index is 11.6. The van der Waals surface area contributed by atoms with E-state index in [9.17, 15) is 4.79 Å². The van der Waals surface area contributed by atoms with Gasteiger partial charge < -0.3 is 15.5 Å². The number of nitrogen functional groups attached to an aromatic ring is 1. The van der Waals surface area contributed by atoms with Gasteiger partial charge in [-0.05, 0) is 13.0 Å². The number of nitrogens with zero attached hydrogens (tertiary/aromatic N) is 1. The van der Waals surface area contributed by atoms with E-state index in [1.54, 1.807) is 25.4 Å². The molecule has 0 unspecified atom stereocenters. The summed E-state index contributed by atoms with van der Waals surface area (Å²) in [5, 5.41) is 0.688. The molecule has 78 valence electrons. The number of carbonyl (C=O) groups is 1. The molecule has 2 heterocycles. The molecule has 5 heteroatoms. The van der Waals surface area contributed by atoms with Crippen molar-refractivity contribution < 1.29 is 9.53 Å². The first kappa shape index (κ1) is 9.51. The minimum absolute atomic E-state index is 0.316. The number of nitrogens with one attached hydrogen (secondary N) is 1. The molecule has 2 rings (SSSR count). The van der Waals surface area contributed by atoms with Crippen LogP contribution in [0.2, 0.25) is 0 Å². The molecular weight excluding hydrogens is 194 g/mol. The highest BCUT2D eigenvalue weighted by Crippen LogP contribution is 2.23. The number of rotatable bonds is 2. The van der Waals surface area contributed by atoms with Crippen LogP contribution in [0.4, 0.5) is 5.82 Å². The minimum atomic E-state index is -0.422. The third-order valence-corrected chi connectivity index (χ3v) is 2.11. The van der Waals surface area contributed by atoms with Gasteiger partial charge in [-0.2, -0.15) is 0 Å². The number of ether oxygens (including phenoxy) is 1. The summed E-state index contributed by atoms with van der Waals surface area (Å²) in [6, 6.07) is 1.76. The van der Waals surface area contributed by atoms with Crippen LogP contribution in [-0.2, 0) is 4.74 Å². The van der Waals surface area contributed by atoms with Crippen LogP contribution in [0.15, 0.2) is 18.5 Å². The average molecular weight is 205 g/mol. The number of aromatic amines is 1. The molecule has 0 saturated carbocycles. The molecule has 3 N–H and O–H groups in total. The van der Waals surface area contributed by atoms with Crippen LogP contribution in [0.25, 0.3) is 10.9 Å². The highest BCUT2D eigenvalue weighted by molar-refractivity contribution is 6.08. The van der Waals surface area contributed by atoms with Crippen LogP contribution in [0, 0.1) is 0 Å². The molecule has 2 aromatic heterocycles. The van der Waals surface area contributed by atoms with E-state index in [2.05, 4.69) is 9.97 Å². The van der Waals surface area contributed by atoms with E-state index in [0.29, 0.717) is 23.4 Å². The Bertz CT molecular complexity index is 504. The largest absolute Gasteiger partial charge is 0.462 e. The second kappa shape index (κ2) is 3.61. The molecule has 0 aromatic carbocycles. The Balaban J connectivity index is 2.58. The molecule has 0 aliphatic carbocycles. The Hall–Kier alpha value is -2.04. The van der Waals surface area contributed by atoms with Crippen LogP contribution < -0.4 is 5.73 Å². The van der Waals surface area contributed by atoms with Crippen LogP contribution in [0.1, 0.15) is 17.3 Å². The van der Waals surface area contributed by atoms with Gasteiger partial charge in [0.25, 0.3) is 0 Å². The lowest BCUT2D eigenvalue weighted by Gasteiger charge is -2.00. The Labute approximate surface area is 86.3 Å². The molecule has 0 radical (unpaired) electrons. The predicted molar refractivity (Wildman–Crippen MR) is 56.5 cm³/mol. The fourth-order valence-corrected chi connectivity index (χ4v) is 1.48. The monoisotopic (exact) mass is 205 g/mol. The van der Waals surface area contributed by atoms with Crippen molar-refractivity contribution in [2.75, 3.05) is 12.3 Å². The number of aromatic nitrogens is 2. The van der Waals surface area contributed by atoms with Crippen molar-refractivity contribution in [2.45, 2.75) is 6.92 Å². The van der Waals surface area contributed by atoms with Crippen LogP contribution in [0.3, 0.4) is 0 Å². The van der Waals surface area contributed by atoms with Crippen molar-refractivity contribution >= 4 is 22.7 Å². The summed E-state index contributed by atoms with van der Waals surface area (Å²) in [6.07, 6.45) is 3.22. The Morgan fingerprint density at radius 2 is 2.47 bits per heavy atom. The molecule has 0 aliphatic heterocycles. The van der Waals surface area contributed by atoms with E-state index < -0.39 is 5.97 Å². The van der Waals surface area contributed by atoms with Gasteiger partial charge in [0.1, 0.15) is 11.4 Å². The van der Waals surface area contributed by atoms with Crippen molar-refractivity contribution in [1.82, 2.24) is 9.97 Å². The van der Waals surface area contributed by atoms with E-state index in [1.165, 1.54) is 0 Å². The second-order valence-corrected chi connectivity index (χ2v) is 3.06. The fourth-order valence-electron chi connectivity index (χ4n) is 1.48. The second-order valence-electron chi connectivity index (χ2n) is 3.06. The fraction of sp³-hybridized carbons (Fsp3) is 0.200. The van der Waals surface area contributed by atoms with Crippen molar-refractivity contribution in [2.24, 2.45) is 0 Å². The Morgan fingerprint density at radius 3 is 3.20 bits per heavy atom. The number of hydrogen-bond acceptors (Lipinski definition) is 4. The van der Waals surface area contributed by atoms with E-state index in [1.807, 2.05) is 0 Å². The van der Waals surface area contributed by atoms with Gasteiger partial charge in [-0.15, -0.1) is 0 Å². The lowest BCUT2D eigenvalue weighted by molar-refractivity contribution is 0.0530. The molecule has 0 fully saturated rings. The predicted octanol–water partition coefficient (Wildman–Crippen LogP) is 1.32. The number of H-pyrrole nitrogens is 1. The van der Waals surface area contributed by atoms with Gasteiger partial charge in [0.05, 0.1) is 12.1 Å². The van der Waals surface area contributed by atoms with Crippen molar-refractivity contribution in [3.63, 3.8) is 0 Å². The van der Waals surface area contributed by atoms with Gasteiger partial charge >= 0.3 is 5.97 Å². The minimum Gasteiger partial charge on any atom is -0.462 e. The first-order valence-electron chi connectivity index (χ1n) is 4.62. The van der Waals surface area contributed by atoms with Gasteiger partial charge in [-0.1, -0.05) is 0 Å². The maximum atomic E-state index is 11.6. The zero-order chi connectivity index (χ0) is 10.8. The third kappa shape index (κ3) is 1.52. The summed E-state index contributed by atoms with van der Waals surface area (Å²) >= 11 is 0. The first-order chi connectivity index (χ1) is 7.24. The van der Waals surface area contributed by atoms with Crippen molar-refractivity contribution in [3.8, 4) is 0 Å². The van der Waals surface area contributed by atoms with Crippen LogP contribution >= 0.6 is 0 Å². The first-order valence-corrected chi connectivity index (χ1v) is 4.62. The van der Waals surface area contributed by atoms with E-state index in [4.69, 9.17) is 10.5 Å². The lowest BCUT2D eigenvalue weighted by Crippen LogP contribution is -2.06. The summed E-state index contributed by atoms with van der Waals surface area (Å²) in [7, 11) is 0. The molecule has 5 nitrogen and oxygen atoms in total. The number of anilines is 1. The van der Waals surface area contributed by atoms with Crippen LogP contribution in [-0.4, -0.2) is 22.5 Å². The molecular formula is C10H11N3O2. The van der Waals surface area contributed by atoms with Gasteiger partial charge in [0, 0.05) is 17.8 Å². The lowest BCUT2D eigenvalue weighted by atomic mass is 10.2. The van der Waals surface area contributed by atoms with Gasteiger partial charge in [-0.25, -0.2) is 4.79 Å². The highest BCUT2D eigenvalue weighted by Gasteiger charge is 2.17. The normalized spacial score (nSPS) is 10.5. The van der Waals surface area contributed by atoms with Crippen molar-refractivity contribution in [3.05, 3.63) is 24.0 Å². The molecule has 0 spiro atoms. The highest BCUT2D eigenvalue weighted by atomic mass is 16.5. The summed E-state index contributed by atoms with van der Waals surface area (Å²) in [4.78, 5) is 18.4. The van der Waals surface area contributed by atoms with E-state index in [-0.39, 0.29) is 0 Å². The standard InChI is InChI=1S/C10H11N3O2/c1-2-15-10(14)8-6-5-12-4-3-7(6)13-9(8)11/h3-5,13H,2,11H2,1H3. The summed E-state index contributed by atoms with van der Waals surface area (Å²) in [5.41, 5.74) is 6.84. The summed E-state index contributed by atoms with van der Waals surface area (Å²) in [5.74, 6) is -0.106. The van der Waals surface area contributed by atoms with E-state index in [0.717, 1.165) is 5.52 Å². The Kier molecular flexibility index (Phi) is 2.29. The molecule has 0 aliphatic rings. The SMILES string of the molecule is CCOC(=O)c1c(N)[nH]c2ccncc12. The number of esters is 1. The van der Waals surface area contributed by atoms with Gasteiger partial charge in [0.2, 0.25) is 0 Å². The number of carbonyl (C=O) groups excluding carboxylic acids is 1. The Morgan fingerprint density at radius 1 is 1.67 bits per heavy atom. The molecule has 15 heavy (non-hydrogen) atoms. The smallest absolute Gasteiger partial charge is 0.342 e. The number of fused-ring (bicyclic) bond motifs is 1. The number of hydrogen-bond donors (Lipinski definition) is 2. The number of pyridine rings is 1. The summed E-state index contributed by atoms with van der Waals surface area (Å²) < 4.78 is 4.91. The maximum Gasteiger partial charge on any atom is 0.342 e. The molecule has 0 amide bonds. The summed E-state index contributed by atoms with van der Waals surface area (Å²) in [6.45, 7) is 2.08. The molecule has 2 aromatic rings. The zero-order valence-corrected chi connectivity index (χ0v) is 8.28. The molecule has 0 saturated heterocycles. The third-order valence-electron chi connectivity index (χ3n) is 2.11. The zero-order valence-electron chi connectivity index (χ0n) is 8.28. The van der Waals surface area contributed by atoms with Gasteiger partial charge in [-0.3, -0.25) is 4.98 Å². The quantitative estimate of drug-likeness (QED) is 0.724. The number of nitrogens with two attached hydrogens (primary N) is 1. The topological polar surface area (TPSA) is 81.0 Å². The van der Waals surface area contributed by atoms with Crippen LogP contribution in [0.5, 0.6) is 0 Å². The molecule has 0 atom stereocenters. The molecule has 0 bridgehead atoms. The van der Waals surface area contributed by atoms with Crippen molar-refractivity contribution in [1.29, 1.82) is 0 Å². The average Bonchev–Trinajstić information content (AvgIpc) is 2.54. The van der Waals surface area contributed by atoms with Gasteiger partial charge in [0.15, 0.2) is 0 Å².